The molecule has 1 fully saturated rings. The Morgan fingerprint density at radius 2 is 2.16 bits per heavy atom. The van der Waals surface area contributed by atoms with Crippen LogP contribution < -0.4 is 4.74 Å². The van der Waals surface area contributed by atoms with Gasteiger partial charge in [-0.1, -0.05) is 0 Å². The highest BCUT2D eigenvalue weighted by atomic mass is 79.9. The molecular formula is C14H17BrO4. The highest BCUT2D eigenvalue weighted by molar-refractivity contribution is 9.10. The molecule has 0 spiro atoms. The summed E-state index contributed by atoms with van der Waals surface area (Å²) in [6.07, 6.45) is 1.86. The summed E-state index contributed by atoms with van der Waals surface area (Å²) in [7, 11) is 1.59. The maximum Gasteiger partial charge on any atom is 0.188 e. The van der Waals surface area contributed by atoms with Gasteiger partial charge < -0.3 is 14.2 Å². The number of carbonyl (C=O) groups excluding carboxylic acids is 1. The number of Topliss-reactive ketones (excluding diaryl/α,β-unsaturated/α-hetero) is 1. The second kappa shape index (κ2) is 7.03. The minimum Gasteiger partial charge on any atom is -0.496 e. The smallest absolute Gasteiger partial charge is 0.188 e. The van der Waals surface area contributed by atoms with Gasteiger partial charge in [-0.3, -0.25) is 4.79 Å². The Morgan fingerprint density at radius 1 is 1.42 bits per heavy atom. The van der Waals surface area contributed by atoms with Crippen molar-refractivity contribution in [3.8, 4) is 5.75 Å². The number of halogens is 1. The Hall–Kier alpha value is -0.910. The molecule has 104 valence electrons. The van der Waals surface area contributed by atoms with Crippen LogP contribution in [0.1, 0.15) is 23.2 Å². The van der Waals surface area contributed by atoms with Crippen LogP contribution in [0.3, 0.4) is 0 Å². The molecule has 0 bridgehead atoms. The summed E-state index contributed by atoms with van der Waals surface area (Å²) in [6, 6.07) is 5.28. The van der Waals surface area contributed by atoms with Crippen LogP contribution in [0.15, 0.2) is 22.7 Å². The SMILES string of the molecule is COc1ccc(C(=O)COC2CCOCC2)cc1Br. The first-order valence-corrected chi connectivity index (χ1v) is 7.06. The van der Waals surface area contributed by atoms with Crippen molar-refractivity contribution in [1.82, 2.24) is 0 Å². The van der Waals surface area contributed by atoms with Crippen LogP contribution in [-0.2, 0) is 9.47 Å². The molecule has 1 aromatic rings. The molecule has 0 aliphatic carbocycles. The zero-order valence-corrected chi connectivity index (χ0v) is 12.4. The van der Waals surface area contributed by atoms with Gasteiger partial charge in [0.2, 0.25) is 0 Å². The highest BCUT2D eigenvalue weighted by Gasteiger charge is 2.16. The van der Waals surface area contributed by atoms with Crippen LogP contribution >= 0.6 is 15.9 Å². The predicted octanol–water partition coefficient (Wildman–Crippen LogP) is 2.84. The lowest BCUT2D eigenvalue weighted by Crippen LogP contribution is -2.25. The van der Waals surface area contributed by atoms with Gasteiger partial charge in [0.25, 0.3) is 0 Å². The van der Waals surface area contributed by atoms with E-state index in [1.807, 2.05) is 0 Å². The molecule has 0 radical (unpaired) electrons. The van der Waals surface area contributed by atoms with Crippen molar-refractivity contribution in [2.24, 2.45) is 0 Å². The number of hydrogen-bond acceptors (Lipinski definition) is 4. The molecule has 0 aromatic heterocycles. The standard InChI is InChI=1S/C14H17BrO4/c1-17-14-3-2-10(8-12(14)15)13(16)9-19-11-4-6-18-7-5-11/h2-3,8,11H,4-7,9H2,1H3. The monoisotopic (exact) mass is 328 g/mol. The molecule has 19 heavy (non-hydrogen) atoms. The summed E-state index contributed by atoms with van der Waals surface area (Å²) in [5.41, 5.74) is 0.625. The number of hydrogen-bond donors (Lipinski definition) is 0. The Balaban J connectivity index is 1.90. The second-order valence-corrected chi connectivity index (χ2v) is 5.25. The molecule has 0 saturated carbocycles. The maximum absolute atomic E-state index is 12.0. The summed E-state index contributed by atoms with van der Waals surface area (Å²) in [4.78, 5) is 12.0. The minimum atomic E-state index is -0.0187. The van der Waals surface area contributed by atoms with E-state index >= 15 is 0 Å². The normalized spacial score (nSPS) is 16.3. The fourth-order valence-electron chi connectivity index (χ4n) is 1.96. The second-order valence-electron chi connectivity index (χ2n) is 4.40. The van der Waals surface area contributed by atoms with Gasteiger partial charge in [0.1, 0.15) is 12.4 Å². The third kappa shape index (κ3) is 4.03. The molecule has 0 atom stereocenters. The van der Waals surface area contributed by atoms with Crippen LogP contribution in [0.4, 0.5) is 0 Å². The van der Waals surface area contributed by atoms with Crippen molar-refractivity contribution in [1.29, 1.82) is 0 Å². The average Bonchev–Trinajstić information content (AvgIpc) is 2.45. The lowest BCUT2D eigenvalue weighted by Gasteiger charge is -2.22. The topological polar surface area (TPSA) is 44.8 Å². The molecule has 1 saturated heterocycles. The van der Waals surface area contributed by atoms with Crippen molar-refractivity contribution in [2.45, 2.75) is 18.9 Å². The molecule has 0 unspecified atom stereocenters. The zero-order chi connectivity index (χ0) is 13.7. The summed E-state index contributed by atoms with van der Waals surface area (Å²) in [5.74, 6) is 0.691. The van der Waals surface area contributed by atoms with Crippen molar-refractivity contribution in [2.75, 3.05) is 26.9 Å². The summed E-state index contributed by atoms with van der Waals surface area (Å²) in [6.45, 7) is 1.54. The van der Waals surface area contributed by atoms with Gasteiger partial charge in [0.15, 0.2) is 5.78 Å². The fraction of sp³-hybridized carbons (Fsp3) is 0.500. The van der Waals surface area contributed by atoms with Crippen molar-refractivity contribution in [3.05, 3.63) is 28.2 Å². The number of carbonyl (C=O) groups is 1. The number of methoxy groups -OCH3 is 1. The van der Waals surface area contributed by atoms with Crippen LogP contribution in [0.2, 0.25) is 0 Å². The Labute approximate surface area is 121 Å². The molecule has 1 aliphatic heterocycles. The first-order chi connectivity index (χ1) is 9.20. The van der Waals surface area contributed by atoms with Gasteiger partial charge in [0.05, 0.1) is 17.7 Å². The van der Waals surface area contributed by atoms with E-state index in [-0.39, 0.29) is 18.5 Å². The molecule has 2 rings (SSSR count). The summed E-state index contributed by atoms with van der Waals surface area (Å²) < 4.78 is 16.8. The highest BCUT2D eigenvalue weighted by Crippen LogP contribution is 2.25. The van der Waals surface area contributed by atoms with E-state index in [1.54, 1.807) is 25.3 Å². The van der Waals surface area contributed by atoms with Crippen LogP contribution in [0.25, 0.3) is 0 Å². The van der Waals surface area contributed by atoms with Gasteiger partial charge in [-0.2, -0.15) is 0 Å². The lowest BCUT2D eigenvalue weighted by atomic mass is 10.1. The van der Waals surface area contributed by atoms with E-state index in [2.05, 4.69) is 15.9 Å². The molecular weight excluding hydrogens is 312 g/mol. The van der Waals surface area contributed by atoms with Crippen LogP contribution in [-0.4, -0.2) is 38.8 Å². The number of benzene rings is 1. The molecule has 1 heterocycles. The van der Waals surface area contributed by atoms with Gasteiger partial charge in [0, 0.05) is 18.8 Å². The number of ketones is 1. The Morgan fingerprint density at radius 3 is 2.79 bits per heavy atom. The molecule has 1 aliphatic rings. The van der Waals surface area contributed by atoms with Gasteiger partial charge in [-0.05, 0) is 47.0 Å². The van der Waals surface area contributed by atoms with Gasteiger partial charge in [-0.25, -0.2) is 0 Å². The van der Waals surface area contributed by atoms with Crippen molar-refractivity contribution in [3.63, 3.8) is 0 Å². The van der Waals surface area contributed by atoms with E-state index < -0.39 is 0 Å². The van der Waals surface area contributed by atoms with Crippen molar-refractivity contribution < 1.29 is 19.0 Å². The Bertz CT molecular complexity index is 441. The van der Waals surface area contributed by atoms with E-state index in [0.29, 0.717) is 24.5 Å². The van der Waals surface area contributed by atoms with Crippen LogP contribution in [0.5, 0.6) is 5.75 Å². The minimum absolute atomic E-state index is 0.0187. The number of ether oxygens (including phenoxy) is 3. The predicted molar refractivity (Wildman–Crippen MR) is 74.8 cm³/mol. The fourth-order valence-corrected chi connectivity index (χ4v) is 2.50. The van der Waals surface area contributed by atoms with E-state index in [1.165, 1.54) is 0 Å². The summed E-state index contributed by atoms with van der Waals surface area (Å²) >= 11 is 3.37. The first-order valence-electron chi connectivity index (χ1n) is 6.27. The number of rotatable bonds is 5. The van der Waals surface area contributed by atoms with Crippen LogP contribution in [0, 0.1) is 0 Å². The average molecular weight is 329 g/mol. The first kappa shape index (κ1) is 14.5. The van der Waals surface area contributed by atoms with Crippen molar-refractivity contribution >= 4 is 21.7 Å². The Kier molecular flexibility index (Phi) is 5.36. The zero-order valence-electron chi connectivity index (χ0n) is 10.9. The largest absolute Gasteiger partial charge is 0.496 e. The van der Waals surface area contributed by atoms with Gasteiger partial charge in [-0.15, -0.1) is 0 Å². The molecule has 4 nitrogen and oxygen atoms in total. The van der Waals surface area contributed by atoms with E-state index in [4.69, 9.17) is 14.2 Å². The molecule has 1 aromatic carbocycles. The summed E-state index contributed by atoms with van der Waals surface area (Å²) in [5, 5.41) is 0. The molecule has 5 heteroatoms. The third-order valence-corrected chi connectivity index (χ3v) is 3.71. The van der Waals surface area contributed by atoms with Gasteiger partial charge >= 0.3 is 0 Å². The lowest BCUT2D eigenvalue weighted by molar-refractivity contribution is -0.0262. The quantitative estimate of drug-likeness (QED) is 0.779. The molecule has 0 N–H and O–H groups in total. The maximum atomic E-state index is 12.0. The van der Waals surface area contributed by atoms with E-state index in [0.717, 1.165) is 17.3 Å². The molecule has 0 amide bonds. The van der Waals surface area contributed by atoms with E-state index in [9.17, 15) is 4.79 Å². The third-order valence-electron chi connectivity index (χ3n) is 3.09.